The van der Waals surface area contributed by atoms with E-state index in [1.807, 2.05) is 36.6 Å². The zero-order valence-corrected chi connectivity index (χ0v) is 24.4. The second kappa shape index (κ2) is 11.7. The van der Waals surface area contributed by atoms with E-state index in [1.54, 1.807) is 17.4 Å². The maximum absolute atomic E-state index is 12.9. The van der Waals surface area contributed by atoms with E-state index < -0.39 is 0 Å². The van der Waals surface area contributed by atoms with Gasteiger partial charge in [-0.05, 0) is 61.1 Å². The minimum Gasteiger partial charge on any atom is -0.485 e. The molecule has 1 aromatic carbocycles. The number of benzene rings is 1. The summed E-state index contributed by atoms with van der Waals surface area (Å²) in [5.74, 6) is 2.07. The molecule has 200 valence electrons. The highest BCUT2D eigenvalue weighted by Gasteiger charge is 2.32. The second-order valence-corrected chi connectivity index (χ2v) is 12.8. The van der Waals surface area contributed by atoms with Gasteiger partial charge in [0.15, 0.2) is 11.0 Å². The molecule has 0 bridgehead atoms. The highest BCUT2D eigenvalue weighted by molar-refractivity contribution is 7.99. The van der Waals surface area contributed by atoms with E-state index in [2.05, 4.69) is 48.9 Å². The Labute approximate surface area is 233 Å². The maximum atomic E-state index is 12.9. The first-order chi connectivity index (χ1) is 18.1. The first kappa shape index (κ1) is 27.9. The summed E-state index contributed by atoms with van der Waals surface area (Å²) in [5.41, 5.74) is 4.08. The number of hydrogen-bond acceptors (Lipinski definition) is 7. The molecule has 1 amide bonds. The standard InChI is InChI=1S/C29H35N5O2S2/c1-7-13-34-24(16-36-26-18(2)9-8-10-19(26)3)32-33-28(34)37-17-25(35)31-27-22(15-30)21-12-11-20(29(4,5)6)14-23(21)38-27/h7-10,20H,1,11-14,16-17H2,2-6H3,(H,31,35)/t20-/m1/s1. The van der Waals surface area contributed by atoms with Gasteiger partial charge in [-0.2, -0.15) is 5.26 Å². The third kappa shape index (κ3) is 6.13. The van der Waals surface area contributed by atoms with Gasteiger partial charge in [0, 0.05) is 11.4 Å². The largest absolute Gasteiger partial charge is 0.485 e. The Kier molecular flexibility index (Phi) is 8.64. The number of rotatable bonds is 9. The zero-order chi connectivity index (χ0) is 27.4. The summed E-state index contributed by atoms with van der Waals surface area (Å²) in [6.45, 7) is 15.5. The molecular weight excluding hydrogens is 514 g/mol. The Balaban J connectivity index is 1.42. The number of carbonyl (C=O) groups excluding carboxylic acids is 1. The average molecular weight is 550 g/mol. The van der Waals surface area contributed by atoms with Crippen LogP contribution in [-0.2, 0) is 30.8 Å². The van der Waals surface area contributed by atoms with Crippen molar-refractivity contribution in [2.45, 2.75) is 72.2 Å². The number of para-hydroxylation sites is 1. The number of anilines is 1. The summed E-state index contributed by atoms with van der Waals surface area (Å²) in [4.78, 5) is 14.1. The number of hydrogen-bond donors (Lipinski definition) is 1. The van der Waals surface area contributed by atoms with Gasteiger partial charge in [-0.15, -0.1) is 28.1 Å². The Bertz CT molecular complexity index is 1360. The molecule has 4 rings (SSSR count). The molecule has 0 unspecified atom stereocenters. The van der Waals surface area contributed by atoms with Crippen molar-refractivity contribution in [2.24, 2.45) is 11.3 Å². The van der Waals surface area contributed by atoms with Crippen LogP contribution in [0.4, 0.5) is 5.00 Å². The van der Waals surface area contributed by atoms with Crippen LogP contribution in [0.3, 0.4) is 0 Å². The molecule has 3 aromatic rings. The van der Waals surface area contributed by atoms with Crippen LogP contribution in [0.2, 0.25) is 0 Å². The second-order valence-electron chi connectivity index (χ2n) is 10.8. The molecule has 1 aliphatic carbocycles. The van der Waals surface area contributed by atoms with Gasteiger partial charge in [0.1, 0.15) is 23.4 Å². The predicted molar refractivity (Wildman–Crippen MR) is 154 cm³/mol. The van der Waals surface area contributed by atoms with Crippen LogP contribution in [0.5, 0.6) is 5.75 Å². The minimum absolute atomic E-state index is 0.158. The molecule has 9 heteroatoms. The number of allylic oxidation sites excluding steroid dienone is 1. The molecule has 2 heterocycles. The maximum Gasteiger partial charge on any atom is 0.235 e. The first-order valence-electron chi connectivity index (χ1n) is 12.8. The number of amides is 1. The van der Waals surface area contributed by atoms with Crippen LogP contribution in [0.1, 0.15) is 60.1 Å². The molecule has 0 saturated heterocycles. The van der Waals surface area contributed by atoms with E-state index in [0.29, 0.717) is 34.0 Å². The molecule has 0 spiro atoms. The number of aryl methyl sites for hydroxylation is 2. The van der Waals surface area contributed by atoms with E-state index in [1.165, 1.54) is 16.6 Å². The van der Waals surface area contributed by atoms with Gasteiger partial charge in [0.2, 0.25) is 5.91 Å². The normalized spacial score (nSPS) is 15.0. The average Bonchev–Trinajstić information content (AvgIpc) is 3.41. The van der Waals surface area contributed by atoms with Crippen LogP contribution in [0, 0.1) is 36.5 Å². The number of ether oxygens (including phenoxy) is 1. The molecule has 0 radical (unpaired) electrons. The van der Waals surface area contributed by atoms with E-state index in [4.69, 9.17) is 4.74 Å². The number of aromatic nitrogens is 3. The monoisotopic (exact) mass is 549 g/mol. The fourth-order valence-electron chi connectivity index (χ4n) is 4.83. The van der Waals surface area contributed by atoms with Crippen molar-refractivity contribution in [3.05, 3.63) is 63.8 Å². The van der Waals surface area contributed by atoms with Crippen molar-refractivity contribution in [3.8, 4) is 11.8 Å². The Morgan fingerprint density at radius 2 is 2.08 bits per heavy atom. The number of nitriles is 1. The lowest BCUT2D eigenvalue weighted by Crippen LogP contribution is -2.26. The van der Waals surface area contributed by atoms with Crippen molar-refractivity contribution in [3.63, 3.8) is 0 Å². The number of fused-ring (bicyclic) bond motifs is 1. The van der Waals surface area contributed by atoms with E-state index in [-0.39, 0.29) is 23.7 Å². The highest BCUT2D eigenvalue weighted by Crippen LogP contribution is 2.44. The highest BCUT2D eigenvalue weighted by atomic mass is 32.2. The van der Waals surface area contributed by atoms with Gasteiger partial charge in [0.05, 0.1) is 11.3 Å². The molecule has 0 fully saturated rings. The molecule has 0 saturated carbocycles. The number of thiophene rings is 1. The molecular formula is C29H35N5O2S2. The van der Waals surface area contributed by atoms with Crippen molar-refractivity contribution in [1.82, 2.24) is 14.8 Å². The number of thioether (sulfide) groups is 1. The van der Waals surface area contributed by atoms with Crippen LogP contribution >= 0.6 is 23.1 Å². The summed E-state index contributed by atoms with van der Waals surface area (Å²) in [5, 5.41) is 22.7. The Morgan fingerprint density at radius 1 is 1.34 bits per heavy atom. The number of nitrogens with one attached hydrogen (secondary N) is 1. The van der Waals surface area contributed by atoms with Gasteiger partial charge >= 0.3 is 0 Å². The van der Waals surface area contributed by atoms with Crippen molar-refractivity contribution in [2.75, 3.05) is 11.1 Å². The van der Waals surface area contributed by atoms with Crippen LogP contribution in [0.25, 0.3) is 0 Å². The van der Waals surface area contributed by atoms with E-state index >= 15 is 0 Å². The Hall–Kier alpha value is -3.09. The van der Waals surface area contributed by atoms with E-state index in [9.17, 15) is 10.1 Å². The molecule has 0 aliphatic heterocycles. The smallest absolute Gasteiger partial charge is 0.235 e. The van der Waals surface area contributed by atoms with Crippen LogP contribution in [-0.4, -0.2) is 26.4 Å². The number of nitrogens with zero attached hydrogens (tertiary/aromatic N) is 4. The van der Waals surface area contributed by atoms with Gasteiger partial charge in [-0.25, -0.2) is 0 Å². The molecule has 1 N–H and O–H groups in total. The lowest BCUT2D eigenvalue weighted by Gasteiger charge is -2.33. The van der Waals surface area contributed by atoms with Crippen LogP contribution in [0.15, 0.2) is 36.0 Å². The lowest BCUT2D eigenvalue weighted by molar-refractivity contribution is -0.113. The molecule has 1 aliphatic rings. The fourth-order valence-corrected chi connectivity index (χ4v) is 6.89. The zero-order valence-electron chi connectivity index (χ0n) is 22.8. The molecule has 2 aromatic heterocycles. The predicted octanol–water partition coefficient (Wildman–Crippen LogP) is 6.47. The van der Waals surface area contributed by atoms with Crippen molar-refractivity contribution < 1.29 is 9.53 Å². The fraction of sp³-hybridized carbons (Fsp3) is 0.448. The summed E-state index contributed by atoms with van der Waals surface area (Å²) < 4.78 is 7.99. The topological polar surface area (TPSA) is 92.8 Å². The summed E-state index contributed by atoms with van der Waals surface area (Å²) in [6.07, 6.45) is 4.69. The van der Waals surface area contributed by atoms with Gasteiger partial charge in [0.25, 0.3) is 0 Å². The van der Waals surface area contributed by atoms with Gasteiger partial charge < -0.3 is 10.1 Å². The van der Waals surface area contributed by atoms with Gasteiger partial charge in [-0.1, -0.05) is 56.8 Å². The SMILES string of the molecule is C=CCn1c(COc2c(C)cccc2C)nnc1SCC(=O)Nc1sc2c(c1C#N)CC[C@@H](C(C)(C)C)C2. The molecule has 38 heavy (non-hydrogen) atoms. The molecule has 1 atom stereocenters. The summed E-state index contributed by atoms with van der Waals surface area (Å²) >= 11 is 2.86. The third-order valence-corrected chi connectivity index (χ3v) is 9.18. The quantitative estimate of drug-likeness (QED) is 0.243. The van der Waals surface area contributed by atoms with Crippen LogP contribution < -0.4 is 10.1 Å². The first-order valence-corrected chi connectivity index (χ1v) is 14.6. The third-order valence-electron chi connectivity index (χ3n) is 7.05. The molecule has 7 nitrogen and oxygen atoms in total. The van der Waals surface area contributed by atoms with E-state index in [0.717, 1.165) is 41.7 Å². The minimum atomic E-state index is -0.168. The summed E-state index contributed by atoms with van der Waals surface area (Å²) in [7, 11) is 0. The van der Waals surface area contributed by atoms with Crippen molar-refractivity contribution in [1.29, 1.82) is 5.26 Å². The lowest BCUT2D eigenvalue weighted by atomic mass is 9.72. The van der Waals surface area contributed by atoms with Gasteiger partial charge in [-0.3, -0.25) is 9.36 Å². The number of carbonyl (C=O) groups is 1. The van der Waals surface area contributed by atoms with Crippen molar-refractivity contribution >= 4 is 34.0 Å². The Morgan fingerprint density at radius 3 is 2.74 bits per heavy atom. The summed E-state index contributed by atoms with van der Waals surface area (Å²) in [6, 6.07) is 8.37.